The lowest BCUT2D eigenvalue weighted by molar-refractivity contribution is -0.151. The average Bonchev–Trinajstić information content (AvgIpc) is 3.00. The lowest BCUT2D eigenvalue weighted by Crippen LogP contribution is -2.48. The molecule has 1 aromatic rings. The first-order valence-electron chi connectivity index (χ1n) is 16.0. The number of benzene rings is 1. The smallest absolute Gasteiger partial charge is 0.410 e. The Morgan fingerprint density at radius 1 is 1.09 bits per heavy atom. The molecule has 244 valence electrons. The number of hydrogen-bond acceptors (Lipinski definition) is 8. The third-order valence-electron chi connectivity index (χ3n) is 9.00. The fraction of sp³-hybridized carbons (Fsp3) is 0.647. The number of nitrogens with zero attached hydrogens (tertiary/aromatic N) is 3. The molecule has 3 aliphatic rings. The molecule has 3 heterocycles. The molecule has 44 heavy (non-hydrogen) atoms. The van der Waals surface area contributed by atoms with Crippen molar-refractivity contribution < 1.29 is 33.3 Å². The molecular formula is C34H50FN3O6. The second kappa shape index (κ2) is 15.9. The summed E-state index contributed by atoms with van der Waals surface area (Å²) in [6.45, 7) is 9.66. The molecule has 0 aromatic heterocycles. The summed E-state index contributed by atoms with van der Waals surface area (Å²) in [4.78, 5) is 32.2. The van der Waals surface area contributed by atoms with E-state index in [1.54, 1.807) is 4.90 Å². The van der Waals surface area contributed by atoms with E-state index in [0.717, 1.165) is 24.1 Å². The third-order valence-corrected chi connectivity index (χ3v) is 9.00. The molecule has 0 spiro atoms. The van der Waals surface area contributed by atoms with Gasteiger partial charge in [0.1, 0.15) is 18.0 Å². The number of amides is 1. The quantitative estimate of drug-likeness (QED) is 0.370. The standard InChI is InChI=1S/C34H50FN3O6/c1-23-8-10-30(39)21-32(40)44-33(25(3)17-26-18-27(35)20-29(19-26)37-13-15-42-16-14-37)24(2)9-11-31(23)43-34(41)38-12-6-7-28(22-38)36(4)5/h9,11,17-20,23-24,28,30-31,33,39H,6-8,10,12-16,21-22H2,1-5H3/b11-9-,25-17+/t23-,24-,28?,30+,31-,33-/m0/s1. The maximum absolute atomic E-state index is 14.7. The molecule has 1 unspecified atom stereocenters. The molecule has 2 fully saturated rings. The molecule has 1 N–H and O–H groups in total. The topological polar surface area (TPSA) is 91.8 Å². The Labute approximate surface area is 261 Å². The van der Waals surface area contributed by atoms with E-state index in [4.69, 9.17) is 14.2 Å². The summed E-state index contributed by atoms with van der Waals surface area (Å²) >= 11 is 0. The van der Waals surface area contributed by atoms with Crippen molar-refractivity contribution in [3.05, 3.63) is 47.3 Å². The van der Waals surface area contributed by atoms with Crippen molar-refractivity contribution in [2.45, 2.75) is 77.2 Å². The summed E-state index contributed by atoms with van der Waals surface area (Å²) < 4.78 is 32.1. The highest BCUT2D eigenvalue weighted by molar-refractivity contribution is 5.71. The monoisotopic (exact) mass is 615 g/mol. The van der Waals surface area contributed by atoms with Crippen LogP contribution in [0.1, 0.15) is 58.4 Å². The van der Waals surface area contributed by atoms with E-state index in [0.29, 0.717) is 63.8 Å². The number of rotatable bonds is 5. The summed E-state index contributed by atoms with van der Waals surface area (Å²) in [6, 6.07) is 5.21. The third kappa shape index (κ3) is 9.52. The summed E-state index contributed by atoms with van der Waals surface area (Å²) in [5.74, 6) is -1.17. The Morgan fingerprint density at radius 3 is 2.57 bits per heavy atom. The van der Waals surface area contributed by atoms with Crippen LogP contribution in [0.2, 0.25) is 0 Å². The van der Waals surface area contributed by atoms with Gasteiger partial charge in [-0.25, -0.2) is 9.18 Å². The molecule has 1 amide bonds. The number of morpholine rings is 1. The van der Waals surface area contributed by atoms with E-state index >= 15 is 0 Å². The van der Waals surface area contributed by atoms with Gasteiger partial charge in [-0.15, -0.1) is 0 Å². The first-order valence-corrected chi connectivity index (χ1v) is 16.0. The van der Waals surface area contributed by atoms with Crippen molar-refractivity contribution in [1.29, 1.82) is 0 Å². The highest BCUT2D eigenvalue weighted by Crippen LogP contribution is 2.28. The van der Waals surface area contributed by atoms with Gasteiger partial charge in [-0.2, -0.15) is 0 Å². The zero-order chi connectivity index (χ0) is 31.8. The number of cyclic esters (lactones) is 1. The summed E-state index contributed by atoms with van der Waals surface area (Å²) in [7, 11) is 4.06. The second-order valence-corrected chi connectivity index (χ2v) is 12.9. The molecular weight excluding hydrogens is 565 g/mol. The first-order chi connectivity index (χ1) is 21.0. The molecule has 10 heteroatoms. The molecule has 0 aliphatic carbocycles. The van der Waals surface area contributed by atoms with E-state index in [9.17, 15) is 19.1 Å². The van der Waals surface area contributed by atoms with Crippen LogP contribution in [0.4, 0.5) is 14.9 Å². The maximum atomic E-state index is 14.7. The van der Waals surface area contributed by atoms with Crippen molar-refractivity contribution in [3.8, 4) is 0 Å². The Kier molecular flexibility index (Phi) is 12.2. The van der Waals surface area contributed by atoms with E-state index in [1.807, 2.05) is 59.2 Å². The van der Waals surface area contributed by atoms with E-state index < -0.39 is 24.3 Å². The van der Waals surface area contributed by atoms with Crippen molar-refractivity contribution in [2.24, 2.45) is 11.8 Å². The number of aliphatic hydroxyl groups is 1. The van der Waals surface area contributed by atoms with Crippen LogP contribution in [0.15, 0.2) is 35.9 Å². The van der Waals surface area contributed by atoms with Crippen molar-refractivity contribution >= 4 is 23.8 Å². The number of carbonyl (C=O) groups excluding carboxylic acids is 2. The summed E-state index contributed by atoms with van der Waals surface area (Å²) in [5.41, 5.74) is 2.19. The van der Waals surface area contributed by atoms with E-state index in [-0.39, 0.29) is 30.2 Å². The fourth-order valence-corrected chi connectivity index (χ4v) is 6.21. The SMILES string of the molecule is C/C(=C\c1cc(F)cc(N2CCOCC2)c1)[C@H]1OC(=O)C[C@H](O)CC[C@H](C)[C@@H](OC(=O)N2CCCC(N(C)C)C2)/C=C\[C@@H]1C. The molecule has 4 rings (SSSR count). The minimum absolute atomic E-state index is 0.0667. The van der Waals surface area contributed by atoms with Gasteiger partial charge in [0.25, 0.3) is 0 Å². The van der Waals surface area contributed by atoms with Gasteiger partial charge in [0.15, 0.2) is 0 Å². The molecule has 0 radical (unpaired) electrons. The number of hydrogen-bond donors (Lipinski definition) is 1. The van der Waals surface area contributed by atoms with Gasteiger partial charge in [-0.3, -0.25) is 4.79 Å². The van der Waals surface area contributed by atoms with Crippen LogP contribution >= 0.6 is 0 Å². The number of likely N-dealkylation sites (tertiary alicyclic amines) is 1. The number of piperidine rings is 1. The molecule has 3 aliphatic heterocycles. The minimum atomic E-state index is -0.868. The zero-order valence-corrected chi connectivity index (χ0v) is 26.9. The van der Waals surface area contributed by atoms with Crippen LogP contribution in [0.5, 0.6) is 0 Å². The van der Waals surface area contributed by atoms with Gasteiger partial charge in [0.05, 0.1) is 25.7 Å². The van der Waals surface area contributed by atoms with Gasteiger partial charge >= 0.3 is 12.1 Å². The molecule has 1 aromatic carbocycles. The predicted octanol–water partition coefficient (Wildman–Crippen LogP) is 4.88. The number of ether oxygens (including phenoxy) is 3. The number of halogens is 1. The number of anilines is 1. The Morgan fingerprint density at radius 2 is 1.84 bits per heavy atom. The Bertz CT molecular complexity index is 1180. The van der Waals surface area contributed by atoms with Gasteiger partial charge < -0.3 is 34.0 Å². The fourth-order valence-electron chi connectivity index (χ4n) is 6.21. The maximum Gasteiger partial charge on any atom is 0.410 e. The van der Waals surface area contributed by atoms with Gasteiger partial charge in [-0.05, 0) is 88.0 Å². The van der Waals surface area contributed by atoms with Gasteiger partial charge in [0.2, 0.25) is 0 Å². The zero-order valence-electron chi connectivity index (χ0n) is 26.9. The molecule has 6 atom stereocenters. The van der Waals surface area contributed by atoms with Crippen molar-refractivity contribution in [1.82, 2.24) is 9.80 Å². The molecule has 2 saturated heterocycles. The number of aliphatic hydroxyl groups excluding tert-OH is 1. The van der Waals surface area contributed by atoms with Crippen LogP contribution in [-0.4, -0.2) is 105 Å². The minimum Gasteiger partial charge on any atom is -0.457 e. The molecule has 0 saturated carbocycles. The largest absolute Gasteiger partial charge is 0.457 e. The number of likely N-dealkylation sites (N-methyl/N-ethyl adjacent to an activating group) is 1. The van der Waals surface area contributed by atoms with E-state index in [1.165, 1.54) is 12.1 Å². The lowest BCUT2D eigenvalue weighted by atomic mass is 9.91. The first kappa shape index (κ1) is 33.9. The number of esters is 1. The predicted molar refractivity (Wildman–Crippen MR) is 169 cm³/mol. The summed E-state index contributed by atoms with van der Waals surface area (Å²) in [6.07, 6.45) is 6.11. The van der Waals surface area contributed by atoms with E-state index in [2.05, 4.69) is 9.80 Å². The van der Waals surface area contributed by atoms with Crippen LogP contribution in [-0.2, 0) is 19.0 Å². The highest BCUT2D eigenvalue weighted by Gasteiger charge is 2.30. The van der Waals surface area contributed by atoms with Crippen LogP contribution in [0, 0.1) is 17.7 Å². The van der Waals surface area contributed by atoms with Crippen molar-refractivity contribution in [2.75, 3.05) is 58.4 Å². The highest BCUT2D eigenvalue weighted by atomic mass is 19.1. The Hall–Kier alpha value is -2.95. The number of carbonyl (C=O) groups is 2. The Balaban J connectivity index is 1.56. The van der Waals surface area contributed by atoms with Gasteiger partial charge in [-0.1, -0.05) is 26.0 Å². The second-order valence-electron chi connectivity index (χ2n) is 12.9. The molecule has 9 nitrogen and oxygen atoms in total. The van der Waals surface area contributed by atoms with Crippen LogP contribution in [0.3, 0.4) is 0 Å². The molecule has 0 bridgehead atoms. The normalized spacial score (nSPS) is 30.3. The van der Waals surface area contributed by atoms with Crippen LogP contribution in [0.25, 0.3) is 6.08 Å². The lowest BCUT2D eigenvalue weighted by Gasteiger charge is -2.36. The summed E-state index contributed by atoms with van der Waals surface area (Å²) in [5, 5.41) is 10.6. The van der Waals surface area contributed by atoms with Crippen molar-refractivity contribution in [3.63, 3.8) is 0 Å². The van der Waals surface area contributed by atoms with Crippen LogP contribution < -0.4 is 4.90 Å². The average molecular weight is 616 g/mol. The van der Waals surface area contributed by atoms with Gasteiger partial charge in [0, 0.05) is 43.8 Å².